The number of pyridine rings is 1. The van der Waals surface area contributed by atoms with Crippen LogP contribution in [0.3, 0.4) is 0 Å². The van der Waals surface area contributed by atoms with Gasteiger partial charge in [0.2, 0.25) is 0 Å². The first-order valence-corrected chi connectivity index (χ1v) is 13.9. The molecule has 2 amide bonds. The summed E-state index contributed by atoms with van der Waals surface area (Å²) in [4.78, 5) is 36.7. The zero-order valence-electron chi connectivity index (χ0n) is 23.0. The van der Waals surface area contributed by atoms with Crippen LogP contribution in [0.5, 0.6) is 0 Å². The van der Waals surface area contributed by atoms with Gasteiger partial charge in [0.1, 0.15) is 17.2 Å². The average Bonchev–Trinajstić information content (AvgIpc) is 3.13. The molecule has 1 unspecified atom stereocenters. The standard InChI is InChI=1S/C28H31F3N6O3S/c1-26(2,3)40-25(39)35-13-11-34(12-14-35)18-5-7-19(8-6-18)37-24(41)36(23(38)27(37)9-4-10-27)20-15-21(28(29,30)31)22(16-32)33-17-20/h5-8,15,17,24,41H,4,9-14H2,1-3H3. The summed E-state index contributed by atoms with van der Waals surface area (Å²) in [6.07, 6.45) is -2.12. The molecule has 0 bridgehead atoms. The van der Waals surface area contributed by atoms with Gasteiger partial charge in [-0.05, 0) is 70.4 Å². The Kier molecular flexibility index (Phi) is 7.26. The molecule has 5 rings (SSSR count). The predicted octanol–water partition coefficient (Wildman–Crippen LogP) is 5.02. The Morgan fingerprint density at radius 3 is 2.20 bits per heavy atom. The van der Waals surface area contributed by atoms with Crippen LogP contribution < -0.4 is 14.7 Å². The number of ether oxygens (including phenoxy) is 1. The van der Waals surface area contributed by atoms with Crippen LogP contribution in [0, 0.1) is 11.3 Å². The van der Waals surface area contributed by atoms with Crippen molar-refractivity contribution in [2.45, 2.75) is 62.8 Å². The number of amides is 2. The maximum absolute atomic E-state index is 13.7. The highest BCUT2D eigenvalue weighted by molar-refractivity contribution is 7.81. The van der Waals surface area contributed by atoms with E-state index in [1.165, 1.54) is 11.0 Å². The van der Waals surface area contributed by atoms with E-state index in [0.717, 1.165) is 24.4 Å². The number of nitrogens with zero attached hydrogens (tertiary/aromatic N) is 6. The summed E-state index contributed by atoms with van der Waals surface area (Å²) in [5.74, 6) is -0.342. The van der Waals surface area contributed by atoms with Crippen LogP contribution in [0.1, 0.15) is 51.3 Å². The minimum Gasteiger partial charge on any atom is -0.444 e. The molecule has 41 heavy (non-hydrogen) atoms. The quantitative estimate of drug-likeness (QED) is 0.504. The Hall–Kier alpha value is -3.66. The molecule has 1 aromatic heterocycles. The van der Waals surface area contributed by atoms with Crippen molar-refractivity contribution in [1.82, 2.24) is 9.88 Å². The van der Waals surface area contributed by atoms with Gasteiger partial charge < -0.3 is 19.4 Å². The van der Waals surface area contributed by atoms with E-state index in [1.54, 1.807) is 4.90 Å². The molecule has 218 valence electrons. The monoisotopic (exact) mass is 588 g/mol. The van der Waals surface area contributed by atoms with E-state index in [9.17, 15) is 22.8 Å². The third-order valence-electron chi connectivity index (χ3n) is 7.71. The number of nitriles is 1. The van der Waals surface area contributed by atoms with Crippen molar-refractivity contribution in [3.05, 3.63) is 47.8 Å². The number of anilines is 3. The van der Waals surface area contributed by atoms with Crippen molar-refractivity contribution in [2.24, 2.45) is 0 Å². The minimum absolute atomic E-state index is 0.0606. The van der Waals surface area contributed by atoms with Crippen LogP contribution >= 0.6 is 12.6 Å². The molecule has 3 aliphatic rings. The molecule has 0 radical (unpaired) electrons. The summed E-state index contributed by atoms with van der Waals surface area (Å²) in [5, 5.41) is 9.11. The van der Waals surface area contributed by atoms with Crippen LogP contribution in [-0.2, 0) is 15.7 Å². The summed E-state index contributed by atoms with van der Waals surface area (Å²) in [7, 11) is 0. The predicted molar refractivity (Wildman–Crippen MR) is 150 cm³/mol. The lowest BCUT2D eigenvalue weighted by atomic mass is 9.75. The van der Waals surface area contributed by atoms with Crippen molar-refractivity contribution in [3.63, 3.8) is 0 Å². The Morgan fingerprint density at radius 1 is 1.07 bits per heavy atom. The van der Waals surface area contributed by atoms with E-state index < -0.39 is 34.1 Å². The molecule has 2 aliphatic heterocycles. The van der Waals surface area contributed by atoms with Crippen LogP contribution in [0.2, 0.25) is 0 Å². The maximum Gasteiger partial charge on any atom is 0.419 e. The maximum atomic E-state index is 13.7. The van der Waals surface area contributed by atoms with Gasteiger partial charge in [-0.25, -0.2) is 9.78 Å². The van der Waals surface area contributed by atoms with Crippen LogP contribution in [-0.4, -0.2) is 64.7 Å². The molecular formula is C28H31F3N6O3S. The molecule has 2 saturated heterocycles. The number of carbonyl (C=O) groups excluding carboxylic acids is 2. The number of carbonyl (C=O) groups is 2. The molecule has 1 atom stereocenters. The van der Waals surface area contributed by atoms with Crippen molar-refractivity contribution >= 4 is 41.7 Å². The van der Waals surface area contributed by atoms with Gasteiger partial charge >= 0.3 is 12.3 Å². The second kappa shape index (κ2) is 10.3. The molecule has 0 N–H and O–H groups in total. The van der Waals surface area contributed by atoms with Gasteiger partial charge in [-0.15, -0.1) is 12.6 Å². The highest BCUT2D eigenvalue weighted by Gasteiger charge is 2.60. The molecule has 1 aliphatic carbocycles. The van der Waals surface area contributed by atoms with E-state index in [-0.39, 0.29) is 17.7 Å². The SMILES string of the molecule is CC(C)(C)OC(=O)N1CCN(c2ccc(N3C(S)N(c4cnc(C#N)c(C(F)(F)F)c4)C(=O)C34CCC4)cc2)CC1. The third-order valence-corrected chi connectivity index (χ3v) is 8.17. The molecule has 3 fully saturated rings. The lowest BCUT2D eigenvalue weighted by molar-refractivity contribution is -0.138. The fraction of sp³-hybridized carbons (Fsp3) is 0.500. The number of alkyl halides is 3. The second-order valence-corrected chi connectivity index (χ2v) is 11.9. The van der Waals surface area contributed by atoms with E-state index in [4.69, 9.17) is 22.6 Å². The van der Waals surface area contributed by atoms with E-state index >= 15 is 0 Å². The largest absolute Gasteiger partial charge is 0.444 e. The Balaban J connectivity index is 1.35. The number of hydrogen-bond donors (Lipinski definition) is 1. The summed E-state index contributed by atoms with van der Waals surface area (Å²) < 4.78 is 46.4. The lowest BCUT2D eigenvalue weighted by Gasteiger charge is -2.44. The van der Waals surface area contributed by atoms with Crippen molar-refractivity contribution in [2.75, 3.05) is 40.9 Å². The number of piperazine rings is 1. The molecular weight excluding hydrogens is 557 g/mol. The van der Waals surface area contributed by atoms with Crippen molar-refractivity contribution in [3.8, 4) is 6.07 Å². The Bertz CT molecular complexity index is 1380. The topological polar surface area (TPSA) is 93.0 Å². The highest BCUT2D eigenvalue weighted by atomic mass is 32.1. The van der Waals surface area contributed by atoms with Crippen molar-refractivity contribution < 1.29 is 27.5 Å². The minimum atomic E-state index is -4.80. The summed E-state index contributed by atoms with van der Waals surface area (Å²) in [6, 6.07) is 9.90. The first kappa shape index (κ1) is 28.9. The summed E-state index contributed by atoms with van der Waals surface area (Å²) in [6.45, 7) is 7.79. The molecule has 9 nitrogen and oxygen atoms in total. The molecule has 3 heterocycles. The number of rotatable bonds is 3. The molecule has 13 heteroatoms. The third kappa shape index (κ3) is 5.25. The van der Waals surface area contributed by atoms with Gasteiger partial charge in [-0.1, -0.05) is 0 Å². The van der Waals surface area contributed by atoms with Gasteiger partial charge in [-0.2, -0.15) is 18.4 Å². The van der Waals surface area contributed by atoms with Crippen molar-refractivity contribution in [1.29, 1.82) is 5.26 Å². The number of benzene rings is 1. The molecule has 1 spiro atoms. The Morgan fingerprint density at radius 2 is 1.68 bits per heavy atom. The number of thiol groups is 1. The fourth-order valence-electron chi connectivity index (χ4n) is 5.55. The number of hydrogen-bond acceptors (Lipinski definition) is 8. The van der Waals surface area contributed by atoms with Gasteiger partial charge in [0.05, 0.1) is 17.4 Å². The fourth-order valence-corrected chi connectivity index (χ4v) is 6.15. The van der Waals surface area contributed by atoms with Gasteiger partial charge in [0.25, 0.3) is 5.91 Å². The van der Waals surface area contributed by atoms with E-state index in [0.29, 0.717) is 44.7 Å². The molecule has 1 aromatic carbocycles. The van der Waals surface area contributed by atoms with E-state index in [1.807, 2.05) is 49.9 Å². The van der Waals surface area contributed by atoms with Crippen LogP contribution in [0.25, 0.3) is 0 Å². The first-order chi connectivity index (χ1) is 19.2. The number of halogens is 3. The van der Waals surface area contributed by atoms with Gasteiger partial charge in [0.15, 0.2) is 11.2 Å². The van der Waals surface area contributed by atoms with E-state index in [2.05, 4.69) is 9.88 Å². The summed E-state index contributed by atoms with van der Waals surface area (Å²) in [5.41, 5.74) is -2.69. The molecule has 2 aromatic rings. The normalized spacial score (nSPS) is 20.7. The number of aromatic nitrogens is 1. The zero-order chi connectivity index (χ0) is 29.7. The van der Waals surface area contributed by atoms with Crippen LogP contribution in [0.4, 0.5) is 35.0 Å². The average molecular weight is 589 g/mol. The lowest BCUT2D eigenvalue weighted by Crippen LogP contribution is -2.55. The van der Waals surface area contributed by atoms with Gasteiger partial charge in [-0.3, -0.25) is 9.69 Å². The van der Waals surface area contributed by atoms with Crippen LogP contribution in [0.15, 0.2) is 36.5 Å². The molecule has 1 saturated carbocycles. The zero-order valence-corrected chi connectivity index (χ0v) is 23.9. The smallest absolute Gasteiger partial charge is 0.419 e. The summed E-state index contributed by atoms with van der Waals surface area (Å²) >= 11 is 4.70. The second-order valence-electron chi connectivity index (χ2n) is 11.4. The Labute approximate surface area is 241 Å². The highest BCUT2D eigenvalue weighted by Crippen LogP contribution is 2.50. The first-order valence-electron chi connectivity index (χ1n) is 13.4. The van der Waals surface area contributed by atoms with Gasteiger partial charge in [0, 0.05) is 37.6 Å².